The lowest BCUT2D eigenvalue weighted by Crippen LogP contribution is -2.05. The molecule has 172 valence electrons. The molecule has 0 saturated heterocycles. The van der Waals surface area contributed by atoms with Crippen molar-refractivity contribution in [3.05, 3.63) is 62.7 Å². The molecule has 3 heterocycles. The number of nitrogens with zero attached hydrogens (tertiary/aromatic N) is 4. The maximum atomic E-state index is 11.4. The molecule has 0 aliphatic rings. The molecule has 0 bridgehead atoms. The number of carbonyl (C=O) groups is 2. The van der Waals surface area contributed by atoms with E-state index >= 15 is 0 Å². The van der Waals surface area contributed by atoms with Crippen molar-refractivity contribution in [3.63, 3.8) is 0 Å². The summed E-state index contributed by atoms with van der Waals surface area (Å²) in [6, 6.07) is 6.44. The average molecular weight is 490 g/mol. The van der Waals surface area contributed by atoms with Crippen LogP contribution in [0.3, 0.4) is 0 Å². The van der Waals surface area contributed by atoms with E-state index in [0.29, 0.717) is 27.0 Å². The largest absolute Gasteiger partial charge is 0.469 e. The summed E-state index contributed by atoms with van der Waals surface area (Å²) >= 11 is 2.69. The van der Waals surface area contributed by atoms with Crippen LogP contribution in [0.2, 0.25) is 0 Å². The number of anilines is 1. The third-order valence-corrected chi connectivity index (χ3v) is 5.95. The molecule has 0 atom stereocenters. The Morgan fingerprint density at radius 3 is 2.42 bits per heavy atom. The molecular weight excluding hydrogens is 470 g/mol. The number of carbonyl (C=O) groups excluding carboxylic acids is 2. The van der Waals surface area contributed by atoms with Crippen molar-refractivity contribution >= 4 is 50.4 Å². The van der Waals surface area contributed by atoms with E-state index in [9.17, 15) is 19.7 Å². The van der Waals surface area contributed by atoms with Crippen LogP contribution in [-0.2, 0) is 31.9 Å². The van der Waals surface area contributed by atoms with Gasteiger partial charge in [0.05, 0.1) is 48.9 Å². The third-order valence-electron chi connectivity index (χ3n) is 4.34. The zero-order chi connectivity index (χ0) is 24.0. The van der Waals surface area contributed by atoms with Gasteiger partial charge in [0.1, 0.15) is 0 Å². The van der Waals surface area contributed by atoms with Crippen LogP contribution >= 0.6 is 22.7 Å². The summed E-state index contributed by atoms with van der Waals surface area (Å²) in [6.07, 6.45) is 2.03. The minimum Gasteiger partial charge on any atom is -0.469 e. The van der Waals surface area contributed by atoms with Crippen LogP contribution in [0.4, 0.5) is 10.8 Å². The standard InChI is InChI=1S/C14H11N3O4S.C6H8N2O2S/c1-21-13(18)6-9-8-22-14-15-11(7-16(9)14)10-4-2-3-5-12(10)17(19)20;1-10-5(9)2-4-3-11-6(7)8-4/h2-5,7-8H,6H2,1H3;3H,2H2,1H3,(H2,7,8). The lowest BCUT2D eigenvalue weighted by Gasteiger charge is -1.99. The highest BCUT2D eigenvalue weighted by atomic mass is 32.1. The van der Waals surface area contributed by atoms with Crippen LogP contribution < -0.4 is 5.73 Å². The molecule has 0 aliphatic carbocycles. The molecule has 4 rings (SSSR count). The number of ether oxygens (including phenoxy) is 2. The number of fused-ring (bicyclic) bond motifs is 1. The smallest absolute Gasteiger partial charge is 0.311 e. The Hall–Kier alpha value is -3.84. The fraction of sp³-hybridized carbons (Fsp3) is 0.200. The van der Waals surface area contributed by atoms with Gasteiger partial charge in [0.15, 0.2) is 10.1 Å². The van der Waals surface area contributed by atoms with E-state index in [4.69, 9.17) is 5.73 Å². The van der Waals surface area contributed by atoms with Gasteiger partial charge < -0.3 is 15.2 Å². The maximum absolute atomic E-state index is 11.4. The van der Waals surface area contributed by atoms with E-state index < -0.39 is 4.92 Å². The molecule has 0 saturated carbocycles. The van der Waals surface area contributed by atoms with Gasteiger partial charge in [-0.05, 0) is 6.07 Å². The van der Waals surface area contributed by atoms with Crippen molar-refractivity contribution in [2.24, 2.45) is 0 Å². The summed E-state index contributed by atoms with van der Waals surface area (Å²) < 4.78 is 10.9. The third kappa shape index (κ3) is 5.90. The predicted molar refractivity (Wildman–Crippen MR) is 123 cm³/mol. The lowest BCUT2D eigenvalue weighted by atomic mass is 10.1. The van der Waals surface area contributed by atoms with Crippen LogP contribution in [0.5, 0.6) is 0 Å². The zero-order valence-electron chi connectivity index (χ0n) is 17.6. The molecule has 1 aromatic carbocycles. The number of esters is 2. The molecule has 3 aromatic heterocycles. The van der Waals surface area contributed by atoms with E-state index in [1.807, 2.05) is 5.38 Å². The fourth-order valence-electron chi connectivity index (χ4n) is 2.78. The second kappa shape index (κ2) is 10.7. The minimum atomic E-state index is -0.432. The van der Waals surface area contributed by atoms with Gasteiger partial charge in [-0.3, -0.25) is 24.1 Å². The van der Waals surface area contributed by atoms with Crippen molar-refractivity contribution in [3.8, 4) is 11.3 Å². The quantitative estimate of drug-likeness (QED) is 0.244. The van der Waals surface area contributed by atoms with Crippen molar-refractivity contribution < 1.29 is 24.0 Å². The van der Waals surface area contributed by atoms with Gasteiger partial charge in [-0.25, -0.2) is 9.97 Å². The number of nitro groups is 1. The summed E-state index contributed by atoms with van der Waals surface area (Å²) in [6.45, 7) is 0. The zero-order valence-corrected chi connectivity index (χ0v) is 19.2. The highest BCUT2D eigenvalue weighted by molar-refractivity contribution is 7.15. The van der Waals surface area contributed by atoms with Crippen molar-refractivity contribution in [2.75, 3.05) is 20.0 Å². The Kier molecular flexibility index (Phi) is 7.69. The Bertz CT molecular complexity index is 1300. The Labute approximate surface area is 195 Å². The first-order chi connectivity index (χ1) is 15.8. The molecule has 2 N–H and O–H groups in total. The summed E-state index contributed by atoms with van der Waals surface area (Å²) in [5.74, 6) is -0.643. The molecule has 0 amide bonds. The molecule has 0 unspecified atom stereocenters. The van der Waals surface area contributed by atoms with Crippen LogP contribution in [0.1, 0.15) is 11.4 Å². The molecule has 0 radical (unpaired) electrons. The number of para-hydroxylation sites is 1. The number of hydrogen-bond donors (Lipinski definition) is 1. The molecule has 0 spiro atoms. The number of thiazole rings is 2. The van der Waals surface area contributed by atoms with Gasteiger partial charge in [-0.2, -0.15) is 0 Å². The van der Waals surface area contributed by atoms with Crippen molar-refractivity contribution in [1.29, 1.82) is 0 Å². The van der Waals surface area contributed by atoms with Gasteiger partial charge >= 0.3 is 11.9 Å². The van der Waals surface area contributed by atoms with Crippen molar-refractivity contribution in [2.45, 2.75) is 12.8 Å². The number of rotatable bonds is 6. The second-order valence-electron chi connectivity index (χ2n) is 6.46. The number of hydrogen-bond acceptors (Lipinski definition) is 11. The van der Waals surface area contributed by atoms with Crippen molar-refractivity contribution in [1.82, 2.24) is 14.4 Å². The predicted octanol–water partition coefficient (Wildman–Crippen LogP) is 3.13. The van der Waals surface area contributed by atoms with Crippen LogP contribution in [0, 0.1) is 10.1 Å². The topological polar surface area (TPSA) is 152 Å². The first kappa shape index (κ1) is 23.8. The highest BCUT2D eigenvalue weighted by Gasteiger charge is 2.18. The van der Waals surface area contributed by atoms with E-state index in [1.54, 1.807) is 34.2 Å². The number of methoxy groups -OCH3 is 2. The molecule has 0 fully saturated rings. The number of nitro benzene ring substituents is 1. The molecule has 0 aliphatic heterocycles. The number of nitrogen functional groups attached to an aromatic ring is 1. The minimum absolute atomic E-state index is 0.00257. The number of benzene rings is 1. The molecule has 4 aromatic rings. The monoisotopic (exact) mass is 489 g/mol. The van der Waals surface area contributed by atoms with Crippen LogP contribution in [0.15, 0.2) is 41.2 Å². The first-order valence-corrected chi connectivity index (χ1v) is 11.1. The van der Waals surface area contributed by atoms with Gasteiger partial charge in [0.25, 0.3) is 5.69 Å². The normalized spacial score (nSPS) is 10.4. The number of imidazole rings is 1. The summed E-state index contributed by atoms with van der Waals surface area (Å²) in [5, 5.41) is 15.2. The van der Waals surface area contributed by atoms with Gasteiger partial charge in [-0.1, -0.05) is 12.1 Å². The lowest BCUT2D eigenvalue weighted by molar-refractivity contribution is -0.384. The Balaban J connectivity index is 0.000000235. The maximum Gasteiger partial charge on any atom is 0.311 e. The molecule has 11 nitrogen and oxygen atoms in total. The Morgan fingerprint density at radius 2 is 1.79 bits per heavy atom. The first-order valence-electron chi connectivity index (χ1n) is 9.35. The molecular formula is C20H19N5O6S2. The van der Waals surface area contributed by atoms with Crippen LogP contribution in [-0.4, -0.2) is 45.5 Å². The number of nitrogens with two attached hydrogens (primary N) is 1. The average Bonchev–Trinajstić information content (AvgIpc) is 3.51. The molecule has 33 heavy (non-hydrogen) atoms. The van der Waals surface area contributed by atoms with Gasteiger partial charge in [-0.15, -0.1) is 22.7 Å². The van der Waals surface area contributed by atoms with Gasteiger partial charge in [0, 0.05) is 28.7 Å². The highest BCUT2D eigenvalue weighted by Crippen LogP contribution is 2.30. The fourth-order valence-corrected chi connectivity index (χ4v) is 4.22. The van der Waals surface area contributed by atoms with E-state index in [-0.39, 0.29) is 30.5 Å². The van der Waals surface area contributed by atoms with E-state index in [1.165, 1.54) is 43.0 Å². The summed E-state index contributed by atoms with van der Waals surface area (Å²) in [4.78, 5) is 41.7. The molecule has 13 heteroatoms. The Morgan fingerprint density at radius 1 is 1.09 bits per heavy atom. The van der Waals surface area contributed by atoms with Gasteiger partial charge in [0.2, 0.25) is 0 Å². The SMILES string of the molecule is COC(=O)Cc1csc(N)n1.COC(=O)Cc1csc2nc(-c3ccccc3[N+](=O)[O-])cn12. The number of aromatic nitrogens is 3. The summed E-state index contributed by atoms with van der Waals surface area (Å²) in [5.41, 5.74) is 7.72. The van der Waals surface area contributed by atoms with E-state index in [2.05, 4.69) is 19.4 Å². The second-order valence-corrected chi connectivity index (χ2v) is 8.19. The summed E-state index contributed by atoms with van der Waals surface area (Å²) in [7, 11) is 2.68. The van der Waals surface area contributed by atoms with E-state index in [0.717, 1.165) is 5.69 Å². The van der Waals surface area contributed by atoms with Crippen LogP contribution in [0.25, 0.3) is 16.2 Å².